The van der Waals surface area contributed by atoms with Gasteiger partial charge in [-0.1, -0.05) is 18.2 Å². The fourth-order valence-corrected chi connectivity index (χ4v) is 1.06. The van der Waals surface area contributed by atoms with E-state index < -0.39 is 0 Å². The first-order valence-electron chi connectivity index (χ1n) is 4.22. The van der Waals surface area contributed by atoms with Crippen LogP contribution in [-0.2, 0) is 0 Å². The van der Waals surface area contributed by atoms with Gasteiger partial charge in [0.1, 0.15) is 0 Å². The molecule has 1 rings (SSSR count). The summed E-state index contributed by atoms with van der Waals surface area (Å²) in [6.07, 6.45) is 0. The lowest BCUT2D eigenvalue weighted by Crippen LogP contribution is -2.04. The smallest absolute Gasteiger partial charge is 0.0863 e. The molecule has 0 fully saturated rings. The Morgan fingerprint density at radius 3 is 2.23 bits per heavy atom. The van der Waals surface area contributed by atoms with Crippen molar-refractivity contribution in [3.8, 4) is 0 Å². The van der Waals surface area contributed by atoms with Crippen LogP contribution < -0.4 is 0 Å². The quantitative estimate of drug-likeness (QED) is 0.511. The van der Waals surface area contributed by atoms with Crippen molar-refractivity contribution >= 4 is 17.6 Å². The van der Waals surface area contributed by atoms with Crippen molar-refractivity contribution in [3.63, 3.8) is 0 Å². The number of hydrogen-bond acceptors (Lipinski definition) is 3. The largest absolute Gasteiger partial charge is 0.144 e. The van der Waals surface area contributed by atoms with Crippen LogP contribution in [0, 0.1) is 0 Å². The Bertz CT molecular complexity index is 275. The van der Waals surface area contributed by atoms with Crippen LogP contribution in [0.15, 0.2) is 40.0 Å². The Morgan fingerprint density at radius 2 is 1.69 bits per heavy atom. The van der Waals surface area contributed by atoms with Crippen molar-refractivity contribution < 1.29 is 0 Å². The third-order valence-electron chi connectivity index (χ3n) is 1.23. The molecule has 0 saturated carbocycles. The molecule has 0 aliphatic rings. The highest BCUT2D eigenvalue weighted by atomic mass is 32.2. The summed E-state index contributed by atoms with van der Waals surface area (Å²) >= 11 is 1.49. The van der Waals surface area contributed by atoms with E-state index in [0.717, 1.165) is 5.69 Å². The summed E-state index contributed by atoms with van der Waals surface area (Å²) in [6.45, 7) is 6.34. The van der Waals surface area contributed by atoms with Crippen molar-refractivity contribution in [1.29, 1.82) is 0 Å². The monoisotopic (exact) mass is 194 g/mol. The normalized spacial score (nSPS) is 12.2. The van der Waals surface area contributed by atoms with Gasteiger partial charge in [0.25, 0.3) is 0 Å². The molecule has 0 bridgehead atoms. The summed E-state index contributed by atoms with van der Waals surface area (Å²) < 4.78 is 4.19. The molecular weight excluding hydrogens is 180 g/mol. The molecule has 1 aromatic rings. The molecule has 0 radical (unpaired) electrons. The molecule has 0 aliphatic carbocycles. The number of benzene rings is 1. The maximum absolute atomic E-state index is 4.08. The Morgan fingerprint density at radius 1 is 1.08 bits per heavy atom. The van der Waals surface area contributed by atoms with E-state index >= 15 is 0 Å². The molecule has 0 heterocycles. The first-order chi connectivity index (χ1) is 6.08. The van der Waals surface area contributed by atoms with Crippen molar-refractivity contribution in [1.82, 2.24) is 0 Å². The van der Waals surface area contributed by atoms with E-state index in [0.29, 0.717) is 0 Å². The Balaban J connectivity index is 2.51. The van der Waals surface area contributed by atoms with Crippen molar-refractivity contribution in [2.75, 3.05) is 0 Å². The molecule has 0 saturated heterocycles. The van der Waals surface area contributed by atoms with E-state index in [2.05, 4.69) is 30.4 Å². The predicted octanol–water partition coefficient (Wildman–Crippen LogP) is 4.22. The zero-order valence-corrected chi connectivity index (χ0v) is 9.01. The third-order valence-corrected chi connectivity index (χ3v) is 1.94. The van der Waals surface area contributed by atoms with Crippen LogP contribution in [0.2, 0.25) is 0 Å². The fourth-order valence-electron chi connectivity index (χ4n) is 0.685. The molecule has 13 heavy (non-hydrogen) atoms. The van der Waals surface area contributed by atoms with E-state index in [4.69, 9.17) is 0 Å². The van der Waals surface area contributed by atoms with Gasteiger partial charge < -0.3 is 0 Å². The third kappa shape index (κ3) is 4.68. The Labute approximate surface area is 83.6 Å². The molecule has 0 aliphatic heterocycles. The van der Waals surface area contributed by atoms with Gasteiger partial charge in [0.15, 0.2) is 0 Å². The second kappa shape index (κ2) is 4.42. The standard InChI is InChI=1S/C10H14N2S/c1-10(2,3)13-12-11-9-7-5-4-6-8-9/h4-8H,1-3H3/b12-11+. The molecule has 0 atom stereocenters. The minimum Gasteiger partial charge on any atom is -0.144 e. The molecule has 0 aromatic heterocycles. The number of rotatable bonds is 2. The lowest BCUT2D eigenvalue weighted by Gasteiger charge is -2.10. The zero-order chi connectivity index (χ0) is 9.73. The van der Waals surface area contributed by atoms with Crippen LogP contribution in [0.1, 0.15) is 20.8 Å². The van der Waals surface area contributed by atoms with Gasteiger partial charge in [-0.2, -0.15) is 0 Å². The van der Waals surface area contributed by atoms with Gasteiger partial charge in [-0.25, -0.2) is 0 Å². The van der Waals surface area contributed by atoms with E-state index in [1.807, 2.05) is 30.3 Å². The van der Waals surface area contributed by atoms with Gasteiger partial charge >= 0.3 is 0 Å². The summed E-state index contributed by atoms with van der Waals surface area (Å²) in [5.74, 6) is 0. The summed E-state index contributed by atoms with van der Waals surface area (Å²) in [4.78, 5) is 0. The summed E-state index contributed by atoms with van der Waals surface area (Å²) in [6, 6.07) is 9.75. The first-order valence-corrected chi connectivity index (χ1v) is 4.99. The lowest BCUT2D eigenvalue weighted by molar-refractivity contribution is 0.802. The molecule has 3 heteroatoms. The lowest BCUT2D eigenvalue weighted by atomic mass is 10.3. The molecule has 0 amide bonds. The second-order valence-corrected chi connectivity index (χ2v) is 5.29. The summed E-state index contributed by atoms with van der Waals surface area (Å²) in [5.41, 5.74) is 0.902. The van der Waals surface area contributed by atoms with Gasteiger partial charge in [0, 0.05) is 16.7 Å². The van der Waals surface area contributed by atoms with Gasteiger partial charge in [0.05, 0.1) is 5.69 Å². The zero-order valence-electron chi connectivity index (χ0n) is 8.19. The van der Waals surface area contributed by atoms with Gasteiger partial charge in [-0.05, 0) is 32.9 Å². The average molecular weight is 194 g/mol. The molecule has 0 unspecified atom stereocenters. The topological polar surface area (TPSA) is 24.7 Å². The Kier molecular flexibility index (Phi) is 3.48. The van der Waals surface area contributed by atoms with E-state index in [1.54, 1.807) is 0 Å². The molecule has 0 spiro atoms. The maximum atomic E-state index is 4.08. The van der Waals surface area contributed by atoms with Crippen LogP contribution in [0.4, 0.5) is 5.69 Å². The van der Waals surface area contributed by atoms with E-state index in [9.17, 15) is 0 Å². The average Bonchev–Trinajstić information content (AvgIpc) is 2.04. The first kappa shape index (κ1) is 10.3. The summed E-state index contributed by atoms with van der Waals surface area (Å²) in [7, 11) is 0. The second-order valence-electron chi connectivity index (χ2n) is 3.72. The highest BCUT2D eigenvalue weighted by Gasteiger charge is 2.09. The van der Waals surface area contributed by atoms with Crippen LogP contribution in [-0.4, -0.2) is 4.75 Å². The van der Waals surface area contributed by atoms with Crippen LogP contribution in [0.3, 0.4) is 0 Å². The predicted molar refractivity (Wildman–Crippen MR) is 58.3 cm³/mol. The molecular formula is C10H14N2S. The number of nitrogens with zero attached hydrogens (tertiary/aromatic N) is 2. The number of hydrogen-bond donors (Lipinski definition) is 0. The molecule has 1 aromatic carbocycles. The SMILES string of the molecule is CC(C)(C)S/N=N/c1ccccc1. The van der Waals surface area contributed by atoms with Gasteiger partial charge in [-0.15, -0.1) is 9.63 Å². The van der Waals surface area contributed by atoms with Crippen molar-refractivity contribution in [3.05, 3.63) is 30.3 Å². The minimum atomic E-state index is 0.137. The van der Waals surface area contributed by atoms with E-state index in [-0.39, 0.29) is 4.75 Å². The highest BCUT2D eigenvalue weighted by Crippen LogP contribution is 2.26. The maximum Gasteiger partial charge on any atom is 0.0863 e. The van der Waals surface area contributed by atoms with Crippen LogP contribution >= 0.6 is 11.9 Å². The van der Waals surface area contributed by atoms with Crippen LogP contribution in [0.25, 0.3) is 0 Å². The molecule has 2 nitrogen and oxygen atoms in total. The highest BCUT2D eigenvalue weighted by molar-refractivity contribution is 7.99. The molecule has 0 N–H and O–H groups in total. The summed E-state index contributed by atoms with van der Waals surface area (Å²) in [5, 5.41) is 4.08. The molecule has 70 valence electrons. The van der Waals surface area contributed by atoms with Gasteiger partial charge in [-0.3, -0.25) is 0 Å². The van der Waals surface area contributed by atoms with E-state index in [1.165, 1.54) is 11.9 Å². The van der Waals surface area contributed by atoms with Crippen molar-refractivity contribution in [2.45, 2.75) is 25.5 Å². The fraction of sp³-hybridized carbons (Fsp3) is 0.400. The van der Waals surface area contributed by atoms with Gasteiger partial charge in [0.2, 0.25) is 0 Å². The van der Waals surface area contributed by atoms with Crippen molar-refractivity contribution in [2.24, 2.45) is 9.63 Å². The minimum absolute atomic E-state index is 0.137. The Hall–Kier alpha value is -0.830. The van der Waals surface area contributed by atoms with Crippen LogP contribution in [0.5, 0.6) is 0 Å².